The Balaban J connectivity index is 2.07. The average molecular weight is 252 g/mol. The molecule has 0 radical (unpaired) electrons. The van der Waals surface area contributed by atoms with Crippen molar-refractivity contribution in [2.24, 2.45) is 10.2 Å². The Morgan fingerprint density at radius 3 is 2.53 bits per heavy atom. The second-order valence-corrected chi connectivity index (χ2v) is 4.07. The third-order valence-electron chi connectivity index (χ3n) is 2.82. The van der Waals surface area contributed by atoms with Gasteiger partial charge in [0.05, 0.1) is 5.69 Å². The van der Waals surface area contributed by atoms with Crippen molar-refractivity contribution in [3.8, 4) is 0 Å². The first-order valence-corrected chi connectivity index (χ1v) is 5.74. The number of nitrogens with one attached hydrogen (secondary N) is 1. The van der Waals surface area contributed by atoms with Gasteiger partial charge in [-0.15, -0.1) is 10.2 Å². The molecule has 0 unspecified atom stereocenters. The lowest BCUT2D eigenvalue weighted by molar-refractivity contribution is 1.11. The summed E-state index contributed by atoms with van der Waals surface area (Å²) in [6, 6.07) is 13.8. The normalized spacial score (nSPS) is 11.4. The van der Waals surface area contributed by atoms with E-state index in [1.807, 2.05) is 42.5 Å². The first-order chi connectivity index (χ1) is 9.25. The first kappa shape index (κ1) is 11.2. The topological polar surface area (TPSA) is 105 Å². The van der Waals surface area contributed by atoms with Crippen LogP contribution in [0, 0.1) is 0 Å². The number of aromatic amines is 1. The van der Waals surface area contributed by atoms with Crippen LogP contribution in [0.3, 0.4) is 0 Å². The molecule has 1 aromatic heterocycles. The van der Waals surface area contributed by atoms with E-state index < -0.39 is 0 Å². The van der Waals surface area contributed by atoms with Crippen LogP contribution in [0.4, 0.5) is 23.0 Å². The maximum absolute atomic E-state index is 5.67. The Hall–Kier alpha value is -2.89. The number of fused-ring (bicyclic) bond motifs is 1. The molecule has 0 aliphatic rings. The van der Waals surface area contributed by atoms with Crippen LogP contribution in [0.25, 0.3) is 10.8 Å². The average Bonchev–Trinajstić information content (AvgIpc) is 2.76. The van der Waals surface area contributed by atoms with Crippen LogP contribution in [0.15, 0.2) is 52.7 Å². The number of hydrogen-bond acceptors (Lipinski definition) is 5. The van der Waals surface area contributed by atoms with Gasteiger partial charge in [0.2, 0.25) is 0 Å². The highest BCUT2D eigenvalue weighted by Crippen LogP contribution is 2.31. The van der Waals surface area contributed by atoms with Gasteiger partial charge >= 0.3 is 0 Å². The van der Waals surface area contributed by atoms with E-state index in [-0.39, 0.29) is 5.82 Å². The summed E-state index contributed by atoms with van der Waals surface area (Å²) in [6.07, 6.45) is 0. The van der Waals surface area contributed by atoms with Gasteiger partial charge in [-0.25, -0.2) is 0 Å². The molecular formula is C13H12N6. The minimum absolute atomic E-state index is 0.237. The zero-order valence-corrected chi connectivity index (χ0v) is 10.0. The van der Waals surface area contributed by atoms with Crippen LogP contribution in [0.2, 0.25) is 0 Å². The molecule has 0 aliphatic heterocycles. The second-order valence-electron chi connectivity index (χ2n) is 4.07. The largest absolute Gasteiger partial charge is 0.382 e. The van der Waals surface area contributed by atoms with Crippen LogP contribution in [0.1, 0.15) is 0 Å². The number of rotatable bonds is 2. The number of nitrogen functional groups attached to an aromatic ring is 2. The van der Waals surface area contributed by atoms with E-state index in [1.165, 1.54) is 0 Å². The number of anilines is 2. The zero-order chi connectivity index (χ0) is 13.2. The highest BCUT2D eigenvalue weighted by atomic mass is 15.2. The number of nitrogens with two attached hydrogens (primary N) is 2. The van der Waals surface area contributed by atoms with Crippen molar-refractivity contribution in [3.05, 3.63) is 42.5 Å². The Labute approximate surface area is 109 Å². The molecule has 2 aromatic carbocycles. The zero-order valence-electron chi connectivity index (χ0n) is 10.0. The molecule has 3 rings (SSSR count). The van der Waals surface area contributed by atoms with Gasteiger partial charge in [0.15, 0.2) is 11.5 Å². The van der Waals surface area contributed by atoms with Crippen LogP contribution in [-0.2, 0) is 0 Å². The molecule has 0 spiro atoms. The van der Waals surface area contributed by atoms with E-state index in [9.17, 15) is 0 Å². The van der Waals surface area contributed by atoms with Gasteiger partial charge in [-0.3, -0.25) is 5.10 Å². The lowest BCUT2D eigenvalue weighted by Gasteiger charge is -2.00. The smallest absolute Gasteiger partial charge is 0.175 e. The molecule has 0 atom stereocenters. The predicted molar refractivity (Wildman–Crippen MR) is 75.5 cm³/mol. The molecule has 0 aliphatic carbocycles. The summed E-state index contributed by atoms with van der Waals surface area (Å²) < 4.78 is 0. The van der Waals surface area contributed by atoms with E-state index >= 15 is 0 Å². The molecule has 19 heavy (non-hydrogen) atoms. The number of aromatic nitrogens is 2. The minimum Gasteiger partial charge on any atom is -0.382 e. The number of hydrogen-bond donors (Lipinski definition) is 3. The Morgan fingerprint density at radius 2 is 1.74 bits per heavy atom. The fourth-order valence-corrected chi connectivity index (χ4v) is 1.87. The first-order valence-electron chi connectivity index (χ1n) is 5.74. The Bertz CT molecular complexity index is 734. The molecule has 0 saturated heterocycles. The van der Waals surface area contributed by atoms with E-state index in [1.54, 1.807) is 0 Å². The van der Waals surface area contributed by atoms with Gasteiger partial charge in [-0.05, 0) is 11.5 Å². The maximum Gasteiger partial charge on any atom is 0.175 e. The van der Waals surface area contributed by atoms with Crippen molar-refractivity contribution in [3.63, 3.8) is 0 Å². The van der Waals surface area contributed by atoms with E-state index in [4.69, 9.17) is 11.5 Å². The number of nitrogens with zero attached hydrogens (tertiary/aromatic N) is 3. The molecule has 3 aromatic rings. The molecule has 5 N–H and O–H groups in total. The van der Waals surface area contributed by atoms with Crippen molar-refractivity contribution in [2.45, 2.75) is 0 Å². The molecule has 94 valence electrons. The number of H-pyrrole nitrogens is 1. The highest BCUT2D eigenvalue weighted by molar-refractivity contribution is 5.92. The SMILES string of the molecule is Nc1n[nH]c(N)c1N=Nc1cccc2ccccc12. The number of benzene rings is 2. The van der Waals surface area contributed by atoms with Crippen molar-refractivity contribution in [2.75, 3.05) is 11.5 Å². The van der Waals surface area contributed by atoms with Gasteiger partial charge < -0.3 is 11.5 Å². The monoisotopic (exact) mass is 252 g/mol. The molecule has 6 heteroatoms. The Morgan fingerprint density at radius 1 is 0.947 bits per heavy atom. The summed E-state index contributed by atoms with van der Waals surface area (Å²) in [5.41, 5.74) is 12.4. The van der Waals surface area contributed by atoms with Gasteiger partial charge in [-0.2, -0.15) is 5.10 Å². The summed E-state index contributed by atoms with van der Waals surface area (Å²) in [7, 11) is 0. The lowest BCUT2D eigenvalue weighted by Crippen LogP contribution is -1.84. The summed E-state index contributed by atoms with van der Waals surface area (Å²) >= 11 is 0. The standard InChI is InChI=1S/C13H12N6/c14-12-11(13(15)19-18-12)17-16-10-7-3-5-8-4-1-2-6-9(8)10/h1-7H,(H5,14,15,18,19). The van der Waals surface area contributed by atoms with Crippen molar-refractivity contribution in [1.82, 2.24) is 10.2 Å². The second kappa shape index (κ2) is 4.41. The van der Waals surface area contributed by atoms with Crippen molar-refractivity contribution in [1.29, 1.82) is 0 Å². The van der Waals surface area contributed by atoms with Crippen LogP contribution >= 0.6 is 0 Å². The summed E-state index contributed by atoms with van der Waals surface area (Å²) in [6.45, 7) is 0. The maximum atomic E-state index is 5.67. The molecule has 0 bridgehead atoms. The van der Waals surface area contributed by atoms with E-state index in [0.717, 1.165) is 16.5 Å². The Kier molecular flexibility index (Phi) is 2.60. The molecule has 0 fully saturated rings. The summed E-state index contributed by atoms with van der Waals surface area (Å²) in [5.74, 6) is 0.544. The molecule has 0 saturated carbocycles. The quantitative estimate of drug-likeness (QED) is 0.610. The summed E-state index contributed by atoms with van der Waals surface area (Å²) in [5, 5.41) is 16.7. The minimum atomic E-state index is 0.237. The number of azo groups is 1. The summed E-state index contributed by atoms with van der Waals surface area (Å²) in [4.78, 5) is 0. The molecule has 1 heterocycles. The van der Waals surface area contributed by atoms with Gasteiger partial charge in [0, 0.05) is 5.39 Å². The van der Waals surface area contributed by atoms with Crippen molar-refractivity contribution >= 4 is 33.8 Å². The molecular weight excluding hydrogens is 240 g/mol. The van der Waals surface area contributed by atoms with Crippen molar-refractivity contribution < 1.29 is 0 Å². The van der Waals surface area contributed by atoms with Crippen LogP contribution in [-0.4, -0.2) is 10.2 Å². The fraction of sp³-hybridized carbons (Fsp3) is 0. The molecule has 0 amide bonds. The van der Waals surface area contributed by atoms with E-state index in [2.05, 4.69) is 20.4 Å². The van der Waals surface area contributed by atoms with Crippen LogP contribution in [0.5, 0.6) is 0 Å². The van der Waals surface area contributed by atoms with Crippen LogP contribution < -0.4 is 11.5 Å². The third-order valence-corrected chi connectivity index (χ3v) is 2.82. The third kappa shape index (κ3) is 1.99. The highest BCUT2D eigenvalue weighted by Gasteiger charge is 2.06. The van der Waals surface area contributed by atoms with Gasteiger partial charge in [0.1, 0.15) is 5.82 Å². The van der Waals surface area contributed by atoms with Gasteiger partial charge in [0.25, 0.3) is 0 Å². The van der Waals surface area contributed by atoms with E-state index in [0.29, 0.717) is 11.5 Å². The lowest BCUT2D eigenvalue weighted by atomic mass is 10.1. The predicted octanol–water partition coefficient (Wildman–Crippen LogP) is 3.14. The van der Waals surface area contributed by atoms with Gasteiger partial charge in [-0.1, -0.05) is 36.4 Å². The fourth-order valence-electron chi connectivity index (χ4n) is 1.87. The molecule has 6 nitrogen and oxygen atoms in total.